The molecule has 6 rings (SSSR count). The van der Waals surface area contributed by atoms with Crippen LogP contribution in [0, 0.1) is 28.6 Å². The summed E-state index contributed by atoms with van der Waals surface area (Å²) in [6.45, 7) is 5.43. The van der Waals surface area contributed by atoms with Crippen molar-refractivity contribution in [2.24, 2.45) is 28.6 Å². The van der Waals surface area contributed by atoms with E-state index in [2.05, 4.69) is 19.1 Å². The largest absolute Gasteiger partial charge is 0.458 e. The van der Waals surface area contributed by atoms with E-state index in [-0.39, 0.29) is 24.8 Å². The lowest BCUT2D eigenvalue weighted by Crippen LogP contribution is -2.70. The standard InChI is InChI=1S/C46H62ClF2NO6/c1-4-5-6-7-8-9-10-11-12-13-14-15-16-17-18-19-42(54)55-31-41(53)46-32(30-50(56-46)34-22-20-33(47)21-23-34)26-36-37-28-39(48)38-27-35(51)24-25-43(38,2)45(37,49)40(52)29-44(36,46)3/h11-12,20-25,27,32,36-37,39-40,52H,4-10,13-19,26,28-31H2,1-3H3/b12-11-/t32-,36-,37-,39-,40-,43-,44-,45-,46-/m0/s1. The number of Topliss-reactive ketones (excluding diaryl/α,β-unsaturated/α-hetero) is 1. The summed E-state index contributed by atoms with van der Waals surface area (Å²) in [5, 5.41) is 14.1. The van der Waals surface area contributed by atoms with Gasteiger partial charge >= 0.3 is 5.97 Å². The Balaban J connectivity index is 1.07. The fourth-order valence-corrected chi connectivity index (χ4v) is 11.3. The van der Waals surface area contributed by atoms with Gasteiger partial charge in [-0.2, -0.15) is 0 Å². The monoisotopic (exact) mass is 797 g/mol. The number of allylic oxidation sites excluding steroid dienone is 6. The molecule has 1 aromatic carbocycles. The molecule has 308 valence electrons. The number of hydrogen-bond donors (Lipinski definition) is 1. The van der Waals surface area contributed by atoms with Gasteiger partial charge in [0.1, 0.15) is 6.17 Å². The van der Waals surface area contributed by atoms with Gasteiger partial charge in [-0.3, -0.25) is 24.3 Å². The number of carbonyl (C=O) groups is 3. The molecule has 1 aromatic rings. The maximum atomic E-state index is 17.9. The minimum Gasteiger partial charge on any atom is -0.458 e. The number of carbonyl (C=O) groups excluding carboxylic acids is 3. The molecule has 0 radical (unpaired) electrons. The third-order valence-electron chi connectivity index (χ3n) is 14.2. The Morgan fingerprint density at radius 3 is 2.29 bits per heavy atom. The third-order valence-corrected chi connectivity index (χ3v) is 14.4. The summed E-state index contributed by atoms with van der Waals surface area (Å²) in [5.74, 6) is -3.25. The van der Waals surface area contributed by atoms with Crippen LogP contribution >= 0.6 is 11.6 Å². The third kappa shape index (κ3) is 7.95. The summed E-state index contributed by atoms with van der Waals surface area (Å²) in [7, 11) is 0. The molecule has 56 heavy (non-hydrogen) atoms. The smallest absolute Gasteiger partial charge is 0.306 e. The van der Waals surface area contributed by atoms with Crippen molar-refractivity contribution in [2.45, 2.75) is 153 Å². The first-order chi connectivity index (χ1) is 26.8. The normalized spacial score (nSPS) is 34.6. The van der Waals surface area contributed by atoms with Crippen LogP contribution in [0.15, 0.2) is 60.2 Å². The zero-order valence-corrected chi connectivity index (χ0v) is 34.3. The number of aliphatic hydroxyl groups excluding tert-OH is 1. The molecular formula is C46H62ClF2NO6. The van der Waals surface area contributed by atoms with Gasteiger partial charge in [-0.15, -0.1) is 0 Å². The zero-order chi connectivity index (χ0) is 40.1. The van der Waals surface area contributed by atoms with Gasteiger partial charge in [0.15, 0.2) is 23.7 Å². The Bertz CT molecular complexity index is 1660. The van der Waals surface area contributed by atoms with Gasteiger partial charge in [-0.1, -0.05) is 95.0 Å². The van der Waals surface area contributed by atoms with E-state index in [1.807, 2.05) is 6.92 Å². The molecular weight excluding hydrogens is 736 g/mol. The summed E-state index contributed by atoms with van der Waals surface area (Å²) in [5.41, 5.74) is -5.78. The Morgan fingerprint density at radius 1 is 0.964 bits per heavy atom. The second-order valence-corrected chi connectivity index (χ2v) is 18.0. The average Bonchev–Trinajstić information content (AvgIpc) is 3.67. The van der Waals surface area contributed by atoms with E-state index in [1.165, 1.54) is 56.8 Å². The number of unbranched alkanes of at least 4 members (excludes halogenated alkanes) is 11. The number of alkyl halides is 2. The fourth-order valence-electron chi connectivity index (χ4n) is 11.2. The molecule has 0 aromatic heterocycles. The van der Waals surface area contributed by atoms with Crippen molar-refractivity contribution in [2.75, 3.05) is 18.2 Å². The number of fused-ring (bicyclic) bond motifs is 7. The number of rotatable bonds is 19. The molecule has 1 saturated heterocycles. The predicted molar refractivity (Wildman–Crippen MR) is 216 cm³/mol. The van der Waals surface area contributed by atoms with Crippen LogP contribution in [0.4, 0.5) is 14.5 Å². The van der Waals surface area contributed by atoms with Gasteiger partial charge in [0, 0.05) is 34.1 Å². The maximum Gasteiger partial charge on any atom is 0.306 e. The summed E-state index contributed by atoms with van der Waals surface area (Å²) in [6, 6.07) is 7.03. The quantitative estimate of drug-likeness (QED) is 0.0846. The molecule has 0 spiro atoms. The van der Waals surface area contributed by atoms with E-state index >= 15 is 8.78 Å². The molecule has 7 nitrogen and oxygen atoms in total. The molecule has 5 aliphatic rings. The van der Waals surface area contributed by atoms with Gasteiger partial charge < -0.3 is 9.84 Å². The van der Waals surface area contributed by atoms with Crippen LogP contribution in [0.2, 0.25) is 5.02 Å². The number of hydrogen-bond acceptors (Lipinski definition) is 7. The van der Waals surface area contributed by atoms with E-state index in [1.54, 1.807) is 36.3 Å². The van der Waals surface area contributed by atoms with Crippen molar-refractivity contribution in [1.29, 1.82) is 0 Å². The molecule has 0 amide bonds. The Kier molecular flexibility index (Phi) is 13.7. The lowest BCUT2D eigenvalue weighted by atomic mass is 9.44. The average molecular weight is 798 g/mol. The topological polar surface area (TPSA) is 93.1 Å². The Labute approximate surface area is 337 Å². The lowest BCUT2D eigenvalue weighted by Gasteiger charge is -2.63. The van der Waals surface area contributed by atoms with Gasteiger partial charge in [0.05, 0.1) is 18.3 Å². The highest BCUT2D eigenvalue weighted by Gasteiger charge is 2.79. The first-order valence-corrected chi connectivity index (χ1v) is 21.7. The van der Waals surface area contributed by atoms with Crippen LogP contribution < -0.4 is 5.06 Å². The van der Waals surface area contributed by atoms with Gasteiger partial charge in [-0.05, 0) is 106 Å². The van der Waals surface area contributed by atoms with E-state index in [0.717, 1.165) is 38.5 Å². The number of ether oxygens (including phenoxy) is 1. The molecule has 1 heterocycles. The van der Waals surface area contributed by atoms with Crippen molar-refractivity contribution in [3.63, 3.8) is 0 Å². The van der Waals surface area contributed by atoms with E-state index in [9.17, 15) is 19.5 Å². The molecule has 4 aliphatic carbocycles. The molecule has 0 unspecified atom stereocenters. The van der Waals surface area contributed by atoms with Crippen molar-refractivity contribution in [1.82, 2.24) is 0 Å². The minimum atomic E-state index is -2.28. The SMILES string of the molecule is CCCCCCCC/C=C\CCCCCCCC(=O)OCC(=O)[C@@]12ON(c3ccc(Cl)cc3)C[C@@H]1C[C@H]1[C@@H]3C[C@H](F)C4=CC(=O)C=C[C@]4(C)[C@@]3(F)[C@@H](O)C[C@@]12C. The van der Waals surface area contributed by atoms with Gasteiger partial charge in [-0.25, -0.2) is 8.78 Å². The number of anilines is 1. The fraction of sp³-hybridized carbons (Fsp3) is 0.674. The number of halogens is 3. The van der Waals surface area contributed by atoms with Crippen molar-refractivity contribution in [3.8, 4) is 0 Å². The number of ketones is 2. The first-order valence-electron chi connectivity index (χ1n) is 21.3. The van der Waals surface area contributed by atoms with Crippen LogP contribution in [0.1, 0.15) is 130 Å². The maximum absolute atomic E-state index is 17.9. The van der Waals surface area contributed by atoms with Crippen LogP contribution in [-0.2, 0) is 24.0 Å². The van der Waals surface area contributed by atoms with Crippen molar-refractivity contribution >= 4 is 34.8 Å². The summed E-state index contributed by atoms with van der Waals surface area (Å²) < 4.78 is 39.6. The molecule has 4 fully saturated rings. The second-order valence-electron chi connectivity index (χ2n) is 17.6. The lowest BCUT2D eigenvalue weighted by molar-refractivity contribution is -0.228. The van der Waals surface area contributed by atoms with E-state index in [4.69, 9.17) is 21.2 Å². The molecule has 10 heteroatoms. The molecule has 1 N–H and O–H groups in total. The molecule has 1 aliphatic heterocycles. The molecule has 9 atom stereocenters. The minimum absolute atomic E-state index is 0.0544. The highest BCUT2D eigenvalue weighted by Crippen LogP contribution is 2.72. The zero-order valence-electron chi connectivity index (χ0n) is 33.6. The number of benzene rings is 1. The summed E-state index contributed by atoms with van der Waals surface area (Å²) >= 11 is 6.17. The number of esters is 1. The Hall–Kier alpha value is -2.88. The number of hydroxylamine groups is 1. The predicted octanol–water partition coefficient (Wildman–Crippen LogP) is 10.5. The van der Waals surface area contributed by atoms with Crippen molar-refractivity contribution < 1.29 is 37.8 Å². The van der Waals surface area contributed by atoms with E-state index < -0.39 is 76.3 Å². The molecule has 0 bridgehead atoms. The van der Waals surface area contributed by atoms with Gasteiger partial charge in [0.2, 0.25) is 5.78 Å². The van der Waals surface area contributed by atoms with E-state index in [0.29, 0.717) is 30.1 Å². The number of aliphatic hydroxyl groups is 1. The van der Waals surface area contributed by atoms with Crippen molar-refractivity contribution in [3.05, 3.63) is 65.2 Å². The highest BCUT2D eigenvalue weighted by atomic mass is 35.5. The highest BCUT2D eigenvalue weighted by molar-refractivity contribution is 6.30. The van der Waals surface area contributed by atoms with Gasteiger partial charge in [0.25, 0.3) is 0 Å². The van der Waals surface area contributed by atoms with Crippen LogP contribution in [0.5, 0.6) is 0 Å². The summed E-state index contributed by atoms with van der Waals surface area (Å²) in [6.07, 6.45) is 20.4. The second kappa shape index (κ2) is 17.9. The van der Waals surface area contributed by atoms with Crippen LogP contribution in [0.25, 0.3) is 0 Å². The first kappa shape index (κ1) is 42.7. The Morgan fingerprint density at radius 2 is 1.61 bits per heavy atom. The van der Waals surface area contributed by atoms with Crippen LogP contribution in [-0.4, -0.2) is 59.3 Å². The summed E-state index contributed by atoms with van der Waals surface area (Å²) in [4.78, 5) is 46.6. The van der Waals surface area contributed by atoms with Crippen LogP contribution in [0.3, 0.4) is 0 Å². The molecule has 3 saturated carbocycles. The number of nitrogens with zero attached hydrogens (tertiary/aromatic N) is 1.